The topological polar surface area (TPSA) is 67.9 Å². The van der Waals surface area contributed by atoms with E-state index in [1.165, 1.54) is 5.56 Å². The number of aromatic nitrogens is 4. The highest BCUT2D eigenvalue weighted by Crippen LogP contribution is 2.30. The summed E-state index contributed by atoms with van der Waals surface area (Å²) < 4.78 is 5.89. The highest BCUT2D eigenvalue weighted by Gasteiger charge is 2.29. The van der Waals surface area contributed by atoms with Crippen molar-refractivity contribution >= 4 is 5.95 Å². The third-order valence-corrected chi connectivity index (χ3v) is 4.11. The molecule has 3 aromatic rings. The molecule has 0 radical (unpaired) electrons. The van der Waals surface area contributed by atoms with E-state index in [4.69, 9.17) is 4.42 Å². The van der Waals surface area contributed by atoms with Gasteiger partial charge in [-0.15, -0.1) is 10.2 Å². The fraction of sp³-hybridized carbons (Fsp3) is 0.294. The van der Waals surface area contributed by atoms with Gasteiger partial charge in [-0.05, 0) is 31.5 Å². The number of hydrogen-bond acceptors (Lipinski definition) is 6. The lowest BCUT2D eigenvalue weighted by Gasteiger charge is -2.14. The van der Waals surface area contributed by atoms with E-state index in [0.29, 0.717) is 11.8 Å². The molecule has 1 aromatic carbocycles. The normalized spacial score (nSPS) is 17.6. The van der Waals surface area contributed by atoms with Crippen LogP contribution in [0.5, 0.6) is 0 Å². The molecule has 6 nitrogen and oxygen atoms in total. The van der Waals surface area contributed by atoms with Gasteiger partial charge in [0, 0.05) is 31.0 Å². The van der Waals surface area contributed by atoms with Crippen LogP contribution in [0.4, 0.5) is 5.95 Å². The Morgan fingerprint density at radius 2 is 1.87 bits per heavy atom. The van der Waals surface area contributed by atoms with E-state index in [9.17, 15) is 0 Å². The van der Waals surface area contributed by atoms with Crippen molar-refractivity contribution in [3.8, 4) is 11.5 Å². The second-order valence-electron chi connectivity index (χ2n) is 5.79. The summed E-state index contributed by atoms with van der Waals surface area (Å²) in [6, 6.07) is 9.92. The van der Waals surface area contributed by atoms with Gasteiger partial charge < -0.3 is 9.32 Å². The number of hydrogen-bond donors (Lipinski definition) is 0. The number of nitrogens with zero attached hydrogens (tertiary/aromatic N) is 5. The molecule has 2 aromatic heterocycles. The number of rotatable bonds is 3. The number of aryl methyl sites for hydroxylation is 1. The van der Waals surface area contributed by atoms with E-state index in [-0.39, 0.29) is 5.92 Å². The van der Waals surface area contributed by atoms with Crippen molar-refractivity contribution in [1.29, 1.82) is 0 Å². The van der Waals surface area contributed by atoms with Gasteiger partial charge in [0.05, 0.1) is 5.92 Å². The first-order valence-corrected chi connectivity index (χ1v) is 7.72. The molecule has 1 fully saturated rings. The van der Waals surface area contributed by atoms with Gasteiger partial charge in [-0.2, -0.15) is 0 Å². The van der Waals surface area contributed by atoms with Crippen molar-refractivity contribution in [2.24, 2.45) is 0 Å². The van der Waals surface area contributed by atoms with Crippen molar-refractivity contribution in [3.63, 3.8) is 0 Å². The lowest BCUT2D eigenvalue weighted by Crippen LogP contribution is -2.21. The maximum atomic E-state index is 5.89. The Balaban J connectivity index is 1.51. The monoisotopic (exact) mass is 307 g/mol. The van der Waals surface area contributed by atoms with Crippen molar-refractivity contribution in [1.82, 2.24) is 20.2 Å². The maximum absolute atomic E-state index is 5.89. The minimum atomic E-state index is 0.227. The average Bonchev–Trinajstić information content (AvgIpc) is 3.26. The smallest absolute Gasteiger partial charge is 0.247 e. The van der Waals surface area contributed by atoms with Crippen LogP contribution in [0.15, 0.2) is 47.1 Å². The zero-order valence-corrected chi connectivity index (χ0v) is 12.9. The van der Waals surface area contributed by atoms with Crippen LogP contribution in [0, 0.1) is 6.92 Å². The predicted octanol–water partition coefficient (Wildman–Crippen LogP) is 2.83. The Morgan fingerprint density at radius 3 is 2.65 bits per heavy atom. The predicted molar refractivity (Wildman–Crippen MR) is 86.1 cm³/mol. The molecule has 1 aliphatic rings. The minimum Gasteiger partial charge on any atom is -0.420 e. The van der Waals surface area contributed by atoms with E-state index >= 15 is 0 Å². The Kier molecular flexibility index (Phi) is 3.49. The highest BCUT2D eigenvalue weighted by atomic mass is 16.4. The third-order valence-electron chi connectivity index (χ3n) is 4.11. The summed E-state index contributed by atoms with van der Waals surface area (Å²) in [6.07, 6.45) is 4.49. The summed E-state index contributed by atoms with van der Waals surface area (Å²) in [5.41, 5.74) is 2.17. The quantitative estimate of drug-likeness (QED) is 0.741. The first-order chi connectivity index (χ1) is 11.3. The van der Waals surface area contributed by atoms with Crippen LogP contribution in [-0.4, -0.2) is 33.3 Å². The maximum Gasteiger partial charge on any atom is 0.247 e. The molecule has 4 rings (SSSR count). The largest absolute Gasteiger partial charge is 0.420 e. The Bertz CT molecular complexity index is 784. The molecule has 6 heteroatoms. The van der Waals surface area contributed by atoms with E-state index in [1.54, 1.807) is 12.4 Å². The molecule has 0 bridgehead atoms. The summed E-state index contributed by atoms with van der Waals surface area (Å²) in [5, 5.41) is 8.43. The van der Waals surface area contributed by atoms with Gasteiger partial charge in [-0.3, -0.25) is 0 Å². The molecular weight excluding hydrogens is 290 g/mol. The van der Waals surface area contributed by atoms with Crippen molar-refractivity contribution < 1.29 is 4.42 Å². The summed E-state index contributed by atoms with van der Waals surface area (Å²) in [5.74, 6) is 2.26. The Hall–Kier alpha value is -2.76. The van der Waals surface area contributed by atoms with Crippen molar-refractivity contribution in [3.05, 3.63) is 54.2 Å². The zero-order valence-electron chi connectivity index (χ0n) is 12.9. The summed E-state index contributed by atoms with van der Waals surface area (Å²) >= 11 is 0. The molecule has 23 heavy (non-hydrogen) atoms. The summed E-state index contributed by atoms with van der Waals surface area (Å²) in [4.78, 5) is 10.7. The summed E-state index contributed by atoms with van der Waals surface area (Å²) in [6.45, 7) is 3.76. The molecule has 0 saturated carbocycles. The van der Waals surface area contributed by atoms with Crippen LogP contribution in [-0.2, 0) is 0 Å². The standard InChI is InChI=1S/C17H17N5O/c1-12-3-5-13(6-4-12)15-20-21-16(23-15)14-7-10-22(11-14)17-18-8-2-9-19-17/h2-6,8-9,14H,7,10-11H2,1H3/t14-/m0/s1. The van der Waals surface area contributed by atoms with Gasteiger partial charge in [0.1, 0.15) is 0 Å². The number of benzene rings is 1. The van der Waals surface area contributed by atoms with Crippen LogP contribution in [0.3, 0.4) is 0 Å². The van der Waals surface area contributed by atoms with Crippen molar-refractivity contribution in [2.45, 2.75) is 19.3 Å². The van der Waals surface area contributed by atoms with E-state index < -0.39 is 0 Å². The average molecular weight is 307 g/mol. The molecule has 3 heterocycles. The van der Waals surface area contributed by atoms with Crippen LogP contribution in [0.2, 0.25) is 0 Å². The van der Waals surface area contributed by atoms with Crippen LogP contribution in [0.1, 0.15) is 23.8 Å². The lowest BCUT2D eigenvalue weighted by atomic mass is 10.1. The molecule has 0 N–H and O–H groups in total. The molecule has 0 amide bonds. The van der Waals surface area contributed by atoms with E-state index in [1.807, 2.05) is 30.3 Å². The first kappa shape index (κ1) is 13.9. The highest BCUT2D eigenvalue weighted by molar-refractivity contribution is 5.52. The van der Waals surface area contributed by atoms with Gasteiger partial charge in [0.15, 0.2) is 0 Å². The van der Waals surface area contributed by atoms with E-state index in [2.05, 4.69) is 32.0 Å². The van der Waals surface area contributed by atoms with E-state index in [0.717, 1.165) is 31.0 Å². The lowest BCUT2D eigenvalue weighted by molar-refractivity contribution is 0.468. The Labute approximate surface area is 134 Å². The fourth-order valence-corrected chi connectivity index (χ4v) is 2.81. The number of anilines is 1. The van der Waals surface area contributed by atoms with Crippen molar-refractivity contribution in [2.75, 3.05) is 18.0 Å². The first-order valence-electron chi connectivity index (χ1n) is 7.72. The Morgan fingerprint density at radius 1 is 1.09 bits per heavy atom. The van der Waals surface area contributed by atoms with Gasteiger partial charge in [-0.25, -0.2) is 9.97 Å². The molecule has 1 aliphatic heterocycles. The van der Waals surface area contributed by atoms with Gasteiger partial charge in [0.25, 0.3) is 0 Å². The minimum absolute atomic E-state index is 0.227. The van der Waals surface area contributed by atoms with Gasteiger partial charge in [0.2, 0.25) is 17.7 Å². The molecule has 116 valence electrons. The second-order valence-corrected chi connectivity index (χ2v) is 5.79. The van der Waals surface area contributed by atoms with Crippen LogP contribution in [0.25, 0.3) is 11.5 Å². The molecule has 1 atom stereocenters. The molecule has 0 unspecified atom stereocenters. The SMILES string of the molecule is Cc1ccc(-c2nnc([C@H]3CCN(c4ncccn4)C3)o2)cc1. The molecule has 0 aliphatic carbocycles. The fourth-order valence-electron chi connectivity index (χ4n) is 2.81. The van der Waals surface area contributed by atoms with Gasteiger partial charge in [-0.1, -0.05) is 17.7 Å². The summed E-state index contributed by atoms with van der Waals surface area (Å²) in [7, 11) is 0. The molecule has 1 saturated heterocycles. The molecular formula is C17H17N5O. The van der Waals surface area contributed by atoms with Crippen LogP contribution < -0.4 is 4.90 Å². The molecule has 0 spiro atoms. The van der Waals surface area contributed by atoms with Crippen LogP contribution >= 0.6 is 0 Å². The van der Waals surface area contributed by atoms with Gasteiger partial charge >= 0.3 is 0 Å². The zero-order chi connectivity index (χ0) is 15.6. The third kappa shape index (κ3) is 2.79. The second kappa shape index (κ2) is 5.79.